The molecule has 0 aliphatic carbocycles. The van der Waals surface area contributed by atoms with Crippen LogP contribution in [0.5, 0.6) is 5.75 Å². The fourth-order valence-electron chi connectivity index (χ4n) is 1.74. The number of thiazole rings is 1. The maximum atomic E-state index is 8.72. The minimum atomic E-state index is 0.587. The molecule has 0 spiro atoms. The molecule has 0 aliphatic heterocycles. The molecule has 0 aliphatic rings. The van der Waals surface area contributed by atoms with Crippen molar-refractivity contribution in [3.63, 3.8) is 0 Å². The highest BCUT2D eigenvalue weighted by Gasteiger charge is 2.05. The SMILES string of the molecule is Cc1cccc(C)c1OCCc1ncc(C#N)s1. The number of aryl methyl sites for hydroxylation is 2. The van der Waals surface area contributed by atoms with Crippen LogP contribution >= 0.6 is 11.3 Å². The molecule has 0 fully saturated rings. The summed E-state index contributed by atoms with van der Waals surface area (Å²) < 4.78 is 5.80. The first-order valence-corrected chi connectivity index (χ1v) is 6.56. The van der Waals surface area contributed by atoms with Gasteiger partial charge < -0.3 is 4.74 Å². The highest BCUT2D eigenvalue weighted by molar-refractivity contribution is 7.12. The maximum Gasteiger partial charge on any atom is 0.125 e. The normalized spacial score (nSPS) is 10.1. The van der Waals surface area contributed by atoms with Gasteiger partial charge >= 0.3 is 0 Å². The van der Waals surface area contributed by atoms with E-state index in [0.717, 1.165) is 28.3 Å². The quantitative estimate of drug-likeness (QED) is 0.845. The first-order valence-electron chi connectivity index (χ1n) is 5.74. The first-order chi connectivity index (χ1) is 8.70. The van der Waals surface area contributed by atoms with Crippen LogP contribution in [0.25, 0.3) is 0 Å². The Bertz CT molecular complexity index is 563. The zero-order valence-corrected chi connectivity index (χ0v) is 11.3. The van der Waals surface area contributed by atoms with E-state index in [-0.39, 0.29) is 0 Å². The van der Waals surface area contributed by atoms with Crippen LogP contribution in [0.4, 0.5) is 0 Å². The fourth-order valence-corrected chi connectivity index (χ4v) is 2.44. The average molecular weight is 258 g/mol. The molecule has 0 atom stereocenters. The van der Waals surface area contributed by atoms with Crippen molar-refractivity contribution in [2.24, 2.45) is 0 Å². The summed E-state index contributed by atoms with van der Waals surface area (Å²) in [4.78, 5) is 4.83. The molecular formula is C14H14N2OS. The summed E-state index contributed by atoms with van der Waals surface area (Å²) in [7, 11) is 0. The van der Waals surface area contributed by atoms with Crippen LogP contribution in [-0.4, -0.2) is 11.6 Å². The van der Waals surface area contributed by atoms with Gasteiger partial charge in [-0.15, -0.1) is 11.3 Å². The van der Waals surface area contributed by atoms with E-state index in [2.05, 4.69) is 11.1 Å². The minimum Gasteiger partial charge on any atom is -0.493 e. The van der Waals surface area contributed by atoms with E-state index in [0.29, 0.717) is 11.5 Å². The largest absolute Gasteiger partial charge is 0.493 e. The Hall–Kier alpha value is -1.86. The second-order valence-corrected chi connectivity index (χ2v) is 5.16. The average Bonchev–Trinajstić information content (AvgIpc) is 2.81. The summed E-state index contributed by atoms with van der Waals surface area (Å²) in [5.41, 5.74) is 2.29. The number of benzene rings is 1. The number of hydrogen-bond acceptors (Lipinski definition) is 4. The van der Waals surface area contributed by atoms with Gasteiger partial charge in [0.1, 0.15) is 16.7 Å². The van der Waals surface area contributed by atoms with E-state index in [1.54, 1.807) is 6.20 Å². The molecular weight excluding hydrogens is 244 g/mol. The van der Waals surface area contributed by atoms with Crippen molar-refractivity contribution in [1.29, 1.82) is 5.26 Å². The molecule has 1 heterocycles. The lowest BCUT2D eigenvalue weighted by atomic mass is 10.1. The lowest BCUT2D eigenvalue weighted by Gasteiger charge is -2.10. The van der Waals surface area contributed by atoms with E-state index in [9.17, 15) is 0 Å². The van der Waals surface area contributed by atoms with Crippen LogP contribution in [0.3, 0.4) is 0 Å². The third-order valence-electron chi connectivity index (χ3n) is 2.63. The van der Waals surface area contributed by atoms with Gasteiger partial charge in [0.2, 0.25) is 0 Å². The van der Waals surface area contributed by atoms with Gasteiger partial charge in [-0.25, -0.2) is 4.98 Å². The van der Waals surface area contributed by atoms with Gasteiger partial charge in [0.05, 0.1) is 17.8 Å². The highest BCUT2D eigenvalue weighted by atomic mass is 32.1. The monoisotopic (exact) mass is 258 g/mol. The zero-order chi connectivity index (χ0) is 13.0. The summed E-state index contributed by atoms with van der Waals surface area (Å²) >= 11 is 1.42. The van der Waals surface area contributed by atoms with Gasteiger partial charge in [-0.1, -0.05) is 18.2 Å². The van der Waals surface area contributed by atoms with Gasteiger partial charge in [-0.3, -0.25) is 0 Å². The Balaban J connectivity index is 1.94. The van der Waals surface area contributed by atoms with Crippen LogP contribution in [0, 0.1) is 25.2 Å². The summed E-state index contributed by atoms with van der Waals surface area (Å²) in [6.07, 6.45) is 2.35. The maximum absolute atomic E-state index is 8.72. The molecule has 1 aromatic heterocycles. The highest BCUT2D eigenvalue weighted by Crippen LogP contribution is 2.22. The molecule has 0 bridgehead atoms. The van der Waals surface area contributed by atoms with Gasteiger partial charge in [0, 0.05) is 6.42 Å². The van der Waals surface area contributed by atoms with Crippen LogP contribution in [0.1, 0.15) is 21.0 Å². The lowest BCUT2D eigenvalue weighted by molar-refractivity contribution is 0.317. The summed E-state index contributed by atoms with van der Waals surface area (Å²) in [6.45, 7) is 4.67. The van der Waals surface area contributed by atoms with Crippen molar-refractivity contribution >= 4 is 11.3 Å². The van der Waals surface area contributed by atoms with Crippen LogP contribution in [0.2, 0.25) is 0 Å². The minimum absolute atomic E-state index is 0.587. The third kappa shape index (κ3) is 2.88. The smallest absolute Gasteiger partial charge is 0.125 e. The zero-order valence-electron chi connectivity index (χ0n) is 10.4. The van der Waals surface area contributed by atoms with Crippen molar-refractivity contribution in [1.82, 2.24) is 4.98 Å². The second-order valence-electron chi connectivity index (χ2n) is 4.05. The Morgan fingerprint density at radius 3 is 2.67 bits per heavy atom. The van der Waals surface area contributed by atoms with E-state index in [1.165, 1.54) is 11.3 Å². The van der Waals surface area contributed by atoms with Crippen molar-refractivity contribution < 1.29 is 4.74 Å². The van der Waals surface area contributed by atoms with Gasteiger partial charge in [0.25, 0.3) is 0 Å². The second kappa shape index (κ2) is 5.65. The lowest BCUT2D eigenvalue weighted by Crippen LogP contribution is -2.03. The van der Waals surface area contributed by atoms with Crippen molar-refractivity contribution in [3.05, 3.63) is 45.4 Å². The molecule has 0 N–H and O–H groups in total. The number of rotatable bonds is 4. The number of aromatic nitrogens is 1. The molecule has 92 valence electrons. The molecule has 0 saturated carbocycles. The topological polar surface area (TPSA) is 45.9 Å². The summed E-state index contributed by atoms with van der Waals surface area (Å²) in [6, 6.07) is 8.20. The number of hydrogen-bond donors (Lipinski definition) is 0. The molecule has 2 rings (SSSR count). The van der Waals surface area contributed by atoms with Crippen molar-refractivity contribution in [2.75, 3.05) is 6.61 Å². The molecule has 2 aromatic rings. The third-order valence-corrected chi connectivity index (χ3v) is 3.60. The Kier molecular flexibility index (Phi) is 3.96. The number of para-hydroxylation sites is 1. The standard InChI is InChI=1S/C14H14N2OS/c1-10-4-3-5-11(2)14(10)17-7-6-13-16-9-12(8-15)18-13/h3-5,9H,6-7H2,1-2H3. The predicted octanol–water partition coefficient (Wildman–Crippen LogP) is 3.25. The van der Waals surface area contributed by atoms with Gasteiger partial charge in [-0.05, 0) is 25.0 Å². The molecule has 0 amide bonds. The summed E-state index contributed by atoms with van der Waals surface area (Å²) in [5.74, 6) is 0.953. The van der Waals surface area contributed by atoms with E-state index >= 15 is 0 Å². The van der Waals surface area contributed by atoms with Gasteiger partial charge in [-0.2, -0.15) is 5.26 Å². The fraction of sp³-hybridized carbons (Fsp3) is 0.286. The number of nitriles is 1. The van der Waals surface area contributed by atoms with Crippen LogP contribution < -0.4 is 4.74 Å². The van der Waals surface area contributed by atoms with Crippen LogP contribution in [0.15, 0.2) is 24.4 Å². The van der Waals surface area contributed by atoms with Crippen molar-refractivity contribution in [3.8, 4) is 11.8 Å². The molecule has 18 heavy (non-hydrogen) atoms. The van der Waals surface area contributed by atoms with Gasteiger partial charge in [0.15, 0.2) is 0 Å². The van der Waals surface area contributed by atoms with Crippen LogP contribution in [-0.2, 0) is 6.42 Å². The Morgan fingerprint density at radius 2 is 2.06 bits per heavy atom. The Morgan fingerprint density at radius 1 is 1.33 bits per heavy atom. The van der Waals surface area contributed by atoms with E-state index < -0.39 is 0 Å². The predicted molar refractivity (Wildman–Crippen MR) is 71.9 cm³/mol. The first kappa shape index (κ1) is 12.6. The number of nitrogens with zero attached hydrogens (tertiary/aromatic N) is 2. The molecule has 4 heteroatoms. The molecule has 0 radical (unpaired) electrons. The number of ether oxygens (including phenoxy) is 1. The van der Waals surface area contributed by atoms with E-state index in [4.69, 9.17) is 10.00 Å². The molecule has 0 unspecified atom stereocenters. The van der Waals surface area contributed by atoms with E-state index in [1.807, 2.05) is 32.0 Å². The molecule has 3 nitrogen and oxygen atoms in total. The Labute approximate surface area is 111 Å². The molecule has 1 aromatic carbocycles. The molecule has 0 saturated heterocycles. The van der Waals surface area contributed by atoms with Crippen molar-refractivity contribution in [2.45, 2.75) is 20.3 Å². The summed E-state index contributed by atoms with van der Waals surface area (Å²) in [5, 5.41) is 9.66.